The van der Waals surface area contributed by atoms with Crippen LogP contribution in [0.5, 0.6) is 0 Å². The molecule has 7 heteroatoms. The minimum absolute atomic E-state index is 0. The molecule has 0 aromatic carbocycles. The molecule has 90 valence electrons. The minimum atomic E-state index is 0. The second-order valence-electron chi connectivity index (χ2n) is 3.40. The molecule has 1 saturated heterocycles. The zero-order valence-electron chi connectivity index (χ0n) is 8.86. The lowest BCUT2D eigenvalue weighted by Crippen LogP contribution is -2.22. The van der Waals surface area contributed by atoms with Crippen LogP contribution in [-0.4, -0.2) is 35.4 Å². The zero-order valence-corrected chi connectivity index (χ0v) is 11.3. The molecule has 1 atom stereocenters. The predicted octanol–water partition coefficient (Wildman–Crippen LogP) is 2.05. The Hall–Kier alpha value is -0.230. The second kappa shape index (κ2) is 6.49. The number of thioether (sulfide) groups is 1. The van der Waals surface area contributed by atoms with E-state index >= 15 is 0 Å². The van der Waals surface area contributed by atoms with Crippen LogP contribution < -0.4 is 10.6 Å². The summed E-state index contributed by atoms with van der Waals surface area (Å²) in [6.07, 6.45) is 3.06. The van der Waals surface area contributed by atoms with E-state index in [9.17, 15) is 0 Å². The number of aromatic nitrogens is 2. The van der Waals surface area contributed by atoms with Crippen molar-refractivity contribution in [3.63, 3.8) is 0 Å². The second-order valence-corrected chi connectivity index (χ2v) is 4.56. The highest BCUT2D eigenvalue weighted by Crippen LogP contribution is 2.18. The van der Waals surface area contributed by atoms with Gasteiger partial charge in [0.1, 0.15) is 11.0 Å². The fraction of sp³-hybridized carbons (Fsp3) is 0.556. The molecule has 0 bridgehead atoms. The molecule has 0 aliphatic carbocycles. The summed E-state index contributed by atoms with van der Waals surface area (Å²) in [5.41, 5.74) is 0. The van der Waals surface area contributed by atoms with Crippen molar-refractivity contribution in [1.29, 1.82) is 0 Å². The lowest BCUT2D eigenvalue weighted by atomic mass is 10.2. The van der Waals surface area contributed by atoms with Crippen molar-refractivity contribution >= 4 is 41.6 Å². The van der Waals surface area contributed by atoms with Gasteiger partial charge in [-0.2, -0.15) is 0 Å². The Morgan fingerprint density at radius 3 is 3.00 bits per heavy atom. The minimum Gasteiger partial charge on any atom is -0.366 e. The average Bonchev–Trinajstić information content (AvgIpc) is 2.69. The van der Waals surface area contributed by atoms with E-state index in [2.05, 4.69) is 20.6 Å². The topological polar surface area (TPSA) is 49.8 Å². The molecule has 1 aromatic rings. The highest BCUT2D eigenvalue weighted by Gasteiger charge is 2.14. The van der Waals surface area contributed by atoms with Gasteiger partial charge in [0.2, 0.25) is 0 Å². The highest BCUT2D eigenvalue weighted by atomic mass is 35.5. The van der Waals surface area contributed by atoms with Crippen LogP contribution in [0.4, 0.5) is 5.82 Å². The molecule has 0 radical (unpaired) electrons. The normalized spacial score (nSPS) is 19.2. The molecular formula is C9H14Cl2N4S. The molecule has 0 saturated carbocycles. The number of nitrogens with one attached hydrogen (secondary N) is 2. The van der Waals surface area contributed by atoms with E-state index in [1.54, 1.807) is 6.07 Å². The van der Waals surface area contributed by atoms with E-state index in [4.69, 9.17) is 11.6 Å². The number of rotatable bonds is 3. The van der Waals surface area contributed by atoms with Crippen LogP contribution in [0.1, 0.15) is 6.42 Å². The Kier molecular flexibility index (Phi) is 5.61. The van der Waals surface area contributed by atoms with E-state index in [1.165, 1.54) is 11.8 Å². The maximum absolute atomic E-state index is 5.89. The van der Waals surface area contributed by atoms with Gasteiger partial charge in [-0.25, -0.2) is 9.97 Å². The summed E-state index contributed by atoms with van der Waals surface area (Å²) in [6.45, 7) is 2.04. The van der Waals surface area contributed by atoms with Crippen molar-refractivity contribution in [3.8, 4) is 0 Å². The summed E-state index contributed by atoms with van der Waals surface area (Å²) in [6, 6.07) is 2.21. The van der Waals surface area contributed by atoms with Crippen LogP contribution in [0.3, 0.4) is 0 Å². The van der Waals surface area contributed by atoms with Crippen molar-refractivity contribution in [3.05, 3.63) is 11.2 Å². The Bertz CT molecular complexity index is 344. The van der Waals surface area contributed by atoms with Gasteiger partial charge in [-0.15, -0.1) is 12.4 Å². The molecule has 1 aromatic heterocycles. The maximum Gasteiger partial charge on any atom is 0.190 e. The molecule has 2 N–H and O–H groups in total. The Morgan fingerprint density at radius 1 is 1.56 bits per heavy atom. The van der Waals surface area contributed by atoms with Crippen LogP contribution in [0.25, 0.3) is 0 Å². The Labute approximate surface area is 110 Å². The van der Waals surface area contributed by atoms with Gasteiger partial charge in [0.15, 0.2) is 5.16 Å². The number of hydrogen-bond donors (Lipinski definition) is 2. The molecule has 0 spiro atoms. The van der Waals surface area contributed by atoms with Gasteiger partial charge in [0.05, 0.1) is 0 Å². The van der Waals surface area contributed by atoms with Crippen molar-refractivity contribution in [2.75, 3.05) is 24.7 Å². The first kappa shape index (κ1) is 13.8. The maximum atomic E-state index is 5.89. The summed E-state index contributed by atoms with van der Waals surface area (Å²) in [5.74, 6) is 0.813. The SMILES string of the molecule is CSc1nc(Cl)cc(N[C@@H]2CCNC2)n1.Cl. The molecule has 1 aliphatic rings. The molecule has 0 amide bonds. The molecule has 16 heavy (non-hydrogen) atoms. The number of hydrogen-bond acceptors (Lipinski definition) is 5. The fourth-order valence-electron chi connectivity index (χ4n) is 1.55. The first-order chi connectivity index (χ1) is 7.28. The molecule has 0 unspecified atom stereocenters. The van der Waals surface area contributed by atoms with E-state index < -0.39 is 0 Å². The van der Waals surface area contributed by atoms with Crippen LogP contribution in [0.15, 0.2) is 11.2 Å². The third-order valence-corrected chi connectivity index (χ3v) is 3.01. The first-order valence-electron chi connectivity index (χ1n) is 4.84. The van der Waals surface area contributed by atoms with Gasteiger partial charge < -0.3 is 10.6 Å². The number of halogens is 2. The van der Waals surface area contributed by atoms with E-state index in [1.807, 2.05) is 6.26 Å². The Balaban J connectivity index is 0.00000128. The molecule has 2 heterocycles. The fourth-order valence-corrected chi connectivity index (χ4v) is 2.16. The van der Waals surface area contributed by atoms with Crippen LogP contribution in [0.2, 0.25) is 5.15 Å². The lowest BCUT2D eigenvalue weighted by molar-refractivity contribution is 0.781. The highest BCUT2D eigenvalue weighted by molar-refractivity contribution is 7.98. The third-order valence-electron chi connectivity index (χ3n) is 2.27. The standard InChI is InChI=1S/C9H13ClN4S.ClH/c1-15-9-13-7(10)4-8(14-9)12-6-2-3-11-5-6;/h4,6,11H,2-3,5H2,1H3,(H,12,13,14);1H/t6-;/m1./s1. The van der Waals surface area contributed by atoms with Gasteiger partial charge in [-0.05, 0) is 19.2 Å². The molecule has 2 rings (SSSR count). The molecule has 4 nitrogen and oxygen atoms in total. The summed E-state index contributed by atoms with van der Waals surface area (Å²) < 4.78 is 0. The molecule has 1 fully saturated rings. The third kappa shape index (κ3) is 3.66. The van der Waals surface area contributed by atoms with Crippen molar-refractivity contribution in [2.45, 2.75) is 17.6 Å². The van der Waals surface area contributed by atoms with E-state index in [0.29, 0.717) is 16.4 Å². The van der Waals surface area contributed by atoms with Gasteiger partial charge in [0.25, 0.3) is 0 Å². The average molecular weight is 281 g/mol. The number of anilines is 1. The lowest BCUT2D eigenvalue weighted by Gasteiger charge is -2.12. The van der Waals surface area contributed by atoms with Gasteiger partial charge in [-0.3, -0.25) is 0 Å². The quantitative estimate of drug-likeness (QED) is 0.504. The summed E-state index contributed by atoms with van der Waals surface area (Å²) in [4.78, 5) is 8.43. The number of nitrogens with zero attached hydrogens (tertiary/aromatic N) is 2. The zero-order chi connectivity index (χ0) is 10.7. The van der Waals surface area contributed by atoms with Crippen molar-refractivity contribution in [2.24, 2.45) is 0 Å². The first-order valence-corrected chi connectivity index (χ1v) is 6.44. The van der Waals surface area contributed by atoms with Crippen molar-refractivity contribution < 1.29 is 0 Å². The monoisotopic (exact) mass is 280 g/mol. The van der Waals surface area contributed by atoms with Gasteiger partial charge in [0, 0.05) is 18.7 Å². The summed E-state index contributed by atoms with van der Waals surface area (Å²) in [7, 11) is 0. The van der Waals surface area contributed by atoms with E-state index in [0.717, 1.165) is 25.3 Å². The van der Waals surface area contributed by atoms with Gasteiger partial charge >= 0.3 is 0 Å². The van der Waals surface area contributed by atoms with Crippen LogP contribution in [0, 0.1) is 0 Å². The summed E-state index contributed by atoms with van der Waals surface area (Å²) >= 11 is 7.39. The smallest absolute Gasteiger partial charge is 0.190 e. The van der Waals surface area contributed by atoms with Crippen LogP contribution >= 0.6 is 35.8 Å². The molecule has 1 aliphatic heterocycles. The summed E-state index contributed by atoms with van der Waals surface area (Å²) in [5, 5.41) is 7.83. The predicted molar refractivity (Wildman–Crippen MR) is 71.0 cm³/mol. The van der Waals surface area contributed by atoms with Crippen LogP contribution in [-0.2, 0) is 0 Å². The largest absolute Gasteiger partial charge is 0.366 e. The Morgan fingerprint density at radius 2 is 2.38 bits per heavy atom. The van der Waals surface area contributed by atoms with Gasteiger partial charge in [-0.1, -0.05) is 23.4 Å². The molecular weight excluding hydrogens is 267 g/mol. The van der Waals surface area contributed by atoms with Crippen molar-refractivity contribution in [1.82, 2.24) is 15.3 Å². The van der Waals surface area contributed by atoms with E-state index in [-0.39, 0.29) is 12.4 Å².